The molecule has 2 aromatic rings. The van der Waals surface area contributed by atoms with E-state index in [0.29, 0.717) is 25.3 Å². The number of amides is 2. The number of nitrogens with one attached hydrogen (secondary N) is 1. The molecule has 5 heteroatoms. The quantitative estimate of drug-likeness (QED) is 0.699. The molecule has 0 radical (unpaired) electrons. The van der Waals surface area contributed by atoms with E-state index in [2.05, 4.69) is 11.4 Å². The predicted molar refractivity (Wildman–Crippen MR) is 116 cm³/mol. The number of likely N-dealkylation sites (N-methyl/N-ethyl adjacent to an activating group) is 1. The van der Waals surface area contributed by atoms with E-state index in [4.69, 9.17) is 4.74 Å². The number of carbonyl (C=O) groups is 2. The third-order valence-electron chi connectivity index (χ3n) is 4.77. The molecule has 0 bridgehead atoms. The highest BCUT2D eigenvalue weighted by Crippen LogP contribution is 2.18. The van der Waals surface area contributed by atoms with Crippen LogP contribution in [0.3, 0.4) is 0 Å². The fourth-order valence-corrected chi connectivity index (χ4v) is 3.35. The summed E-state index contributed by atoms with van der Waals surface area (Å²) in [5.74, 6) is 0.321. The molecule has 2 amide bonds. The van der Waals surface area contributed by atoms with Crippen LogP contribution in [0.1, 0.15) is 42.5 Å². The summed E-state index contributed by atoms with van der Waals surface area (Å²) in [7, 11) is 0. The highest BCUT2D eigenvalue weighted by atomic mass is 16.5. The van der Waals surface area contributed by atoms with Crippen LogP contribution in [0.15, 0.2) is 42.5 Å². The molecular weight excluding hydrogens is 364 g/mol. The zero-order valence-corrected chi connectivity index (χ0v) is 18.1. The Morgan fingerprint density at radius 2 is 1.59 bits per heavy atom. The fraction of sp³-hybridized carbons (Fsp3) is 0.417. The van der Waals surface area contributed by atoms with E-state index < -0.39 is 6.04 Å². The smallest absolute Gasteiger partial charge is 0.261 e. The first-order valence-electron chi connectivity index (χ1n) is 10.2. The summed E-state index contributed by atoms with van der Waals surface area (Å²) in [6.07, 6.45) is 0.535. The van der Waals surface area contributed by atoms with E-state index in [1.807, 2.05) is 71.0 Å². The van der Waals surface area contributed by atoms with Crippen molar-refractivity contribution in [1.29, 1.82) is 0 Å². The summed E-state index contributed by atoms with van der Waals surface area (Å²) in [4.78, 5) is 27.3. The van der Waals surface area contributed by atoms with Gasteiger partial charge < -0.3 is 15.0 Å². The minimum atomic E-state index is -0.536. The highest BCUT2D eigenvalue weighted by Gasteiger charge is 2.28. The minimum absolute atomic E-state index is 0.106. The molecule has 0 saturated carbocycles. The molecular formula is C24H32N2O3. The Kier molecular flexibility index (Phi) is 8.25. The first-order valence-corrected chi connectivity index (χ1v) is 10.2. The Hall–Kier alpha value is -2.82. The average molecular weight is 397 g/mol. The van der Waals surface area contributed by atoms with Crippen molar-refractivity contribution in [2.24, 2.45) is 0 Å². The summed E-state index contributed by atoms with van der Waals surface area (Å²) >= 11 is 0. The number of hydrogen-bond donors (Lipinski definition) is 1. The van der Waals surface area contributed by atoms with Crippen molar-refractivity contribution in [3.05, 3.63) is 64.7 Å². The van der Waals surface area contributed by atoms with Gasteiger partial charge in [0, 0.05) is 13.1 Å². The van der Waals surface area contributed by atoms with Crippen molar-refractivity contribution in [2.45, 2.75) is 53.6 Å². The number of rotatable bonds is 9. The van der Waals surface area contributed by atoms with Crippen molar-refractivity contribution in [1.82, 2.24) is 10.2 Å². The second-order valence-corrected chi connectivity index (χ2v) is 7.44. The molecule has 2 aromatic carbocycles. The van der Waals surface area contributed by atoms with E-state index in [1.54, 1.807) is 4.90 Å². The van der Waals surface area contributed by atoms with E-state index in [1.165, 1.54) is 0 Å². The zero-order chi connectivity index (χ0) is 21.4. The Morgan fingerprint density at radius 1 is 0.966 bits per heavy atom. The van der Waals surface area contributed by atoms with Gasteiger partial charge in [-0.25, -0.2) is 0 Å². The van der Waals surface area contributed by atoms with Gasteiger partial charge >= 0.3 is 0 Å². The number of ether oxygens (including phenoxy) is 1. The fourth-order valence-electron chi connectivity index (χ4n) is 3.35. The maximum atomic E-state index is 13.1. The van der Waals surface area contributed by atoms with E-state index >= 15 is 0 Å². The van der Waals surface area contributed by atoms with Crippen molar-refractivity contribution >= 4 is 11.8 Å². The Labute approximate surface area is 174 Å². The molecule has 0 aliphatic heterocycles. The molecule has 0 aliphatic carbocycles. The zero-order valence-electron chi connectivity index (χ0n) is 18.1. The maximum Gasteiger partial charge on any atom is 0.261 e. The Bertz CT molecular complexity index is 810. The molecule has 2 rings (SSSR count). The highest BCUT2D eigenvalue weighted by molar-refractivity contribution is 5.88. The van der Waals surface area contributed by atoms with Crippen LogP contribution < -0.4 is 10.1 Å². The normalized spacial score (nSPS) is 11.6. The first-order chi connectivity index (χ1) is 13.8. The van der Waals surface area contributed by atoms with Crippen molar-refractivity contribution in [3.63, 3.8) is 0 Å². The van der Waals surface area contributed by atoms with Crippen LogP contribution in [0.4, 0.5) is 0 Å². The molecule has 0 spiro atoms. The first kappa shape index (κ1) is 22.5. The summed E-state index contributed by atoms with van der Waals surface area (Å²) < 4.78 is 5.78. The lowest BCUT2D eigenvalue weighted by molar-refractivity contribution is -0.142. The minimum Gasteiger partial charge on any atom is -0.484 e. The number of nitrogens with zero attached hydrogens (tertiary/aromatic N) is 1. The van der Waals surface area contributed by atoms with E-state index in [9.17, 15) is 9.59 Å². The average Bonchev–Trinajstić information content (AvgIpc) is 2.67. The van der Waals surface area contributed by atoms with Crippen molar-refractivity contribution in [2.75, 3.05) is 13.2 Å². The molecule has 1 N–H and O–H groups in total. The van der Waals surface area contributed by atoms with Gasteiger partial charge in [-0.3, -0.25) is 9.59 Å². The molecule has 0 unspecified atom stereocenters. The van der Waals surface area contributed by atoms with Crippen LogP contribution in [0, 0.1) is 20.8 Å². The van der Waals surface area contributed by atoms with Crippen LogP contribution in [-0.4, -0.2) is 35.9 Å². The Balaban J connectivity index is 2.20. The van der Waals surface area contributed by atoms with Gasteiger partial charge in [0.2, 0.25) is 5.91 Å². The molecule has 0 fully saturated rings. The monoisotopic (exact) mass is 396 g/mol. The lowest BCUT2D eigenvalue weighted by Crippen LogP contribution is -2.50. The van der Waals surface area contributed by atoms with Crippen molar-refractivity contribution < 1.29 is 14.3 Å². The van der Waals surface area contributed by atoms with E-state index in [-0.39, 0.29) is 18.4 Å². The van der Waals surface area contributed by atoms with Gasteiger partial charge in [0.15, 0.2) is 6.61 Å². The van der Waals surface area contributed by atoms with Gasteiger partial charge in [0.1, 0.15) is 11.8 Å². The molecule has 156 valence electrons. The third-order valence-corrected chi connectivity index (χ3v) is 4.77. The molecule has 0 aliphatic rings. The number of benzene rings is 2. The van der Waals surface area contributed by atoms with Gasteiger partial charge in [-0.2, -0.15) is 0 Å². The van der Waals surface area contributed by atoms with Crippen LogP contribution in [0.5, 0.6) is 5.75 Å². The third kappa shape index (κ3) is 6.63. The second-order valence-electron chi connectivity index (χ2n) is 7.44. The standard InChI is InChI=1S/C24H32N2O3/c1-6-22(24(28)25-7-2)26(15-20-10-8-17(3)9-11-20)23(27)16-29-21-13-18(4)12-19(5)14-21/h8-14,22H,6-7,15-16H2,1-5H3,(H,25,28)/t22-/m0/s1. The van der Waals surface area contributed by atoms with Gasteiger partial charge in [0.05, 0.1) is 0 Å². The molecule has 0 heterocycles. The van der Waals surface area contributed by atoms with Crippen molar-refractivity contribution in [3.8, 4) is 5.75 Å². The Morgan fingerprint density at radius 3 is 2.14 bits per heavy atom. The summed E-state index contributed by atoms with van der Waals surface area (Å²) in [5, 5.41) is 2.84. The molecule has 5 nitrogen and oxygen atoms in total. The SMILES string of the molecule is CCNC(=O)[C@H](CC)N(Cc1ccc(C)cc1)C(=O)COc1cc(C)cc(C)c1. The topological polar surface area (TPSA) is 58.6 Å². The number of aryl methyl sites for hydroxylation is 3. The molecule has 29 heavy (non-hydrogen) atoms. The predicted octanol–water partition coefficient (Wildman–Crippen LogP) is 3.93. The lowest BCUT2D eigenvalue weighted by atomic mass is 10.1. The summed E-state index contributed by atoms with van der Waals surface area (Å²) in [6.45, 7) is 10.6. The van der Waals surface area contributed by atoms with Crippen LogP contribution >= 0.6 is 0 Å². The van der Waals surface area contributed by atoms with Gasteiger partial charge in [-0.1, -0.05) is 42.8 Å². The van der Waals surface area contributed by atoms with E-state index in [0.717, 1.165) is 22.3 Å². The number of carbonyl (C=O) groups excluding carboxylic acids is 2. The lowest BCUT2D eigenvalue weighted by Gasteiger charge is -2.30. The molecule has 1 atom stereocenters. The van der Waals surface area contributed by atoms with Gasteiger partial charge in [-0.15, -0.1) is 0 Å². The van der Waals surface area contributed by atoms with Crippen LogP contribution in [-0.2, 0) is 16.1 Å². The number of hydrogen-bond acceptors (Lipinski definition) is 3. The van der Waals surface area contributed by atoms with Gasteiger partial charge in [-0.05, 0) is 62.9 Å². The summed E-state index contributed by atoms with van der Waals surface area (Å²) in [6, 6.07) is 13.3. The summed E-state index contributed by atoms with van der Waals surface area (Å²) in [5.41, 5.74) is 4.30. The largest absolute Gasteiger partial charge is 0.484 e. The molecule has 0 aromatic heterocycles. The van der Waals surface area contributed by atoms with Crippen LogP contribution in [0.25, 0.3) is 0 Å². The molecule has 0 saturated heterocycles. The maximum absolute atomic E-state index is 13.1. The van der Waals surface area contributed by atoms with Gasteiger partial charge in [0.25, 0.3) is 5.91 Å². The van der Waals surface area contributed by atoms with Crippen LogP contribution in [0.2, 0.25) is 0 Å². The second kappa shape index (κ2) is 10.6.